The molecule has 0 spiro atoms. The van der Waals surface area contributed by atoms with Crippen molar-refractivity contribution in [3.63, 3.8) is 0 Å². The number of carbonyl (C=O) groups is 2. The number of aromatic amines is 1. The van der Waals surface area contributed by atoms with E-state index in [1.807, 2.05) is 54.6 Å². The molecule has 1 aliphatic rings. The number of non-ortho nitro benzene ring substituents is 1. The summed E-state index contributed by atoms with van der Waals surface area (Å²) < 4.78 is 26.8. The van der Waals surface area contributed by atoms with E-state index >= 15 is 4.57 Å². The molecule has 46 heavy (non-hydrogen) atoms. The van der Waals surface area contributed by atoms with Crippen LogP contribution in [0.15, 0.2) is 85.1 Å². The van der Waals surface area contributed by atoms with Crippen LogP contribution < -0.4 is 16.1 Å². The molecule has 1 aromatic heterocycles. The highest BCUT2D eigenvalue weighted by molar-refractivity contribution is 7.57. The molecule has 242 valence electrons. The molecule has 0 radical (unpaired) electrons. The summed E-state index contributed by atoms with van der Waals surface area (Å²) in [6.07, 6.45) is 5.24. The van der Waals surface area contributed by atoms with E-state index in [1.54, 1.807) is 6.20 Å². The van der Waals surface area contributed by atoms with Gasteiger partial charge < -0.3 is 25.3 Å². The molecule has 5 rings (SSSR count). The molecule has 1 unspecified atom stereocenters. The molecule has 12 nitrogen and oxygen atoms in total. The van der Waals surface area contributed by atoms with Crippen molar-refractivity contribution in [3.05, 3.63) is 112 Å². The van der Waals surface area contributed by atoms with Gasteiger partial charge in [-0.2, -0.15) is 0 Å². The topological polar surface area (TPSA) is 179 Å². The van der Waals surface area contributed by atoms with E-state index in [9.17, 15) is 19.7 Å². The number of ether oxygens (including phenoxy) is 1. The Morgan fingerprint density at radius 1 is 0.957 bits per heavy atom. The van der Waals surface area contributed by atoms with Crippen molar-refractivity contribution in [2.24, 2.45) is 11.7 Å². The summed E-state index contributed by atoms with van der Waals surface area (Å²) in [5.41, 5.74) is 8.76. The number of benzene rings is 3. The highest BCUT2D eigenvalue weighted by atomic mass is 31.2. The van der Waals surface area contributed by atoms with Crippen molar-refractivity contribution in [1.82, 2.24) is 15.4 Å². The molecule has 1 fully saturated rings. The Kier molecular flexibility index (Phi) is 10.8. The van der Waals surface area contributed by atoms with Crippen molar-refractivity contribution in [3.8, 4) is 0 Å². The highest BCUT2D eigenvalue weighted by Crippen LogP contribution is 2.53. The Labute approximate surface area is 266 Å². The van der Waals surface area contributed by atoms with Gasteiger partial charge in [0.15, 0.2) is 0 Å². The van der Waals surface area contributed by atoms with E-state index < -0.39 is 36.3 Å². The second-order valence-corrected chi connectivity index (χ2v) is 13.8. The normalized spacial score (nSPS) is 16.3. The first-order valence-corrected chi connectivity index (χ1v) is 17.0. The summed E-state index contributed by atoms with van der Waals surface area (Å²) in [5.74, 6) is -2.02. The molecular formula is C33H38N5O7P. The molecule has 1 heterocycles. The molecular weight excluding hydrogens is 609 g/mol. The zero-order valence-electron chi connectivity index (χ0n) is 25.3. The number of hydrogen-bond donors (Lipinski definition) is 4. The smallest absolute Gasteiger partial charge is 0.408 e. The van der Waals surface area contributed by atoms with Gasteiger partial charge in [-0.15, -0.1) is 0 Å². The first-order chi connectivity index (χ1) is 22.2. The Morgan fingerprint density at radius 3 is 2.33 bits per heavy atom. The summed E-state index contributed by atoms with van der Waals surface area (Å²) in [6, 6.07) is 21.4. The third-order valence-corrected chi connectivity index (χ3v) is 10.8. The largest absolute Gasteiger partial charge is 0.445 e. The number of para-hydroxylation sites is 1. The average Bonchev–Trinajstić information content (AvgIpc) is 3.48. The van der Waals surface area contributed by atoms with Crippen LogP contribution in [0.5, 0.6) is 0 Å². The average molecular weight is 648 g/mol. The number of hydrogen-bond acceptors (Lipinski definition) is 7. The standard InChI is InChI=1S/C33H38N5O7P/c34-31(39)30(19-26-20-35-29-14-8-7-13-28(26)29)37-46(43,45-22-24-15-17-27(18-16-24)38(41)42)32(25-11-5-2-6-12-25)36-33(40)44-21-23-9-3-1-4-10-23/h1,3-4,7-10,13-18,20,25,30,32,35H,2,5-6,11-12,19,21-22H2,(H2,34,39)(H,36,40)(H,37,43)/t30-,32-,46?/m1/s1. The fourth-order valence-electron chi connectivity index (χ4n) is 5.85. The van der Waals surface area contributed by atoms with Crippen molar-refractivity contribution in [2.45, 2.75) is 63.6 Å². The molecule has 2 amide bonds. The van der Waals surface area contributed by atoms with Crippen LogP contribution in [-0.2, 0) is 38.3 Å². The minimum Gasteiger partial charge on any atom is -0.445 e. The van der Waals surface area contributed by atoms with Gasteiger partial charge >= 0.3 is 6.09 Å². The van der Waals surface area contributed by atoms with Gasteiger partial charge in [-0.05, 0) is 60.1 Å². The third-order valence-electron chi connectivity index (χ3n) is 8.29. The lowest BCUT2D eigenvalue weighted by molar-refractivity contribution is -0.384. The summed E-state index contributed by atoms with van der Waals surface area (Å²) in [6.45, 7) is -0.194. The Morgan fingerprint density at radius 2 is 1.63 bits per heavy atom. The molecule has 0 saturated heterocycles. The number of H-pyrrole nitrogens is 1. The van der Waals surface area contributed by atoms with Crippen LogP contribution in [0.1, 0.15) is 48.8 Å². The number of aromatic nitrogens is 1. The number of alkyl carbamates (subject to hydrolysis) is 1. The molecule has 0 bridgehead atoms. The Bertz CT molecular complexity index is 1690. The number of nitro benzene ring substituents is 1. The van der Waals surface area contributed by atoms with Crippen molar-refractivity contribution in [1.29, 1.82) is 0 Å². The molecule has 5 N–H and O–H groups in total. The van der Waals surface area contributed by atoms with Gasteiger partial charge in [0.05, 0.1) is 17.6 Å². The number of fused-ring (bicyclic) bond motifs is 1. The number of nitrogens with two attached hydrogens (primary N) is 1. The van der Waals surface area contributed by atoms with Crippen LogP contribution in [0.25, 0.3) is 10.9 Å². The minimum atomic E-state index is -4.14. The number of carbonyl (C=O) groups excluding carboxylic acids is 2. The summed E-state index contributed by atoms with van der Waals surface area (Å²) in [5, 5.41) is 17.9. The van der Waals surface area contributed by atoms with Gasteiger partial charge in [-0.25, -0.2) is 9.88 Å². The lowest BCUT2D eigenvalue weighted by Crippen LogP contribution is -2.49. The summed E-state index contributed by atoms with van der Waals surface area (Å²) in [4.78, 5) is 39.9. The maximum Gasteiger partial charge on any atom is 0.408 e. The van der Waals surface area contributed by atoms with E-state index in [-0.39, 0.29) is 31.2 Å². The van der Waals surface area contributed by atoms with Crippen LogP contribution in [0.3, 0.4) is 0 Å². The molecule has 0 aliphatic heterocycles. The first-order valence-electron chi connectivity index (χ1n) is 15.3. The minimum absolute atomic E-state index is 0.00984. The van der Waals surface area contributed by atoms with Crippen LogP contribution in [0, 0.1) is 16.0 Å². The summed E-state index contributed by atoms with van der Waals surface area (Å²) >= 11 is 0. The summed E-state index contributed by atoms with van der Waals surface area (Å²) in [7, 11) is -4.14. The SMILES string of the molecule is NC(=O)[C@@H](Cc1c[nH]c2ccccc12)NP(=O)(OCc1ccc([N+](=O)[O-])cc1)[C@@H](NC(=O)OCc1ccccc1)C1CCCCC1. The van der Waals surface area contributed by atoms with Crippen molar-refractivity contribution < 1.29 is 28.3 Å². The quantitative estimate of drug-likeness (QED) is 0.0699. The monoisotopic (exact) mass is 647 g/mol. The van der Waals surface area contributed by atoms with E-state index in [0.29, 0.717) is 18.4 Å². The molecule has 3 atom stereocenters. The molecule has 4 aromatic rings. The number of amides is 2. The zero-order chi connectivity index (χ0) is 32.5. The van der Waals surface area contributed by atoms with Crippen LogP contribution in [0.4, 0.5) is 10.5 Å². The predicted molar refractivity (Wildman–Crippen MR) is 174 cm³/mol. The molecule has 1 aliphatic carbocycles. The highest BCUT2D eigenvalue weighted by Gasteiger charge is 2.44. The second kappa shape index (κ2) is 15.2. The Balaban J connectivity index is 1.44. The number of primary amides is 1. The lowest BCUT2D eigenvalue weighted by atomic mass is 9.89. The van der Waals surface area contributed by atoms with E-state index in [1.165, 1.54) is 24.3 Å². The molecule has 13 heteroatoms. The lowest BCUT2D eigenvalue weighted by Gasteiger charge is -2.37. The maximum atomic E-state index is 15.2. The number of nitrogens with one attached hydrogen (secondary N) is 3. The van der Waals surface area contributed by atoms with Crippen molar-refractivity contribution >= 4 is 36.1 Å². The number of nitro groups is 1. The van der Waals surface area contributed by atoms with Crippen molar-refractivity contribution in [2.75, 3.05) is 0 Å². The zero-order valence-corrected chi connectivity index (χ0v) is 26.2. The van der Waals surface area contributed by atoms with Gasteiger partial charge in [0.1, 0.15) is 12.4 Å². The van der Waals surface area contributed by atoms with Gasteiger partial charge in [-0.3, -0.25) is 19.5 Å². The van der Waals surface area contributed by atoms with Gasteiger partial charge in [0.25, 0.3) is 13.2 Å². The molecule has 1 saturated carbocycles. The third kappa shape index (κ3) is 8.39. The fraction of sp³-hybridized carbons (Fsp3) is 0.333. The van der Waals surface area contributed by atoms with Gasteiger partial charge in [-0.1, -0.05) is 67.8 Å². The van der Waals surface area contributed by atoms with Gasteiger partial charge in [0, 0.05) is 29.2 Å². The maximum absolute atomic E-state index is 15.2. The molecule has 3 aromatic carbocycles. The number of nitrogens with zero attached hydrogens (tertiary/aromatic N) is 1. The fourth-order valence-corrected chi connectivity index (χ4v) is 8.36. The second-order valence-electron chi connectivity index (χ2n) is 11.5. The predicted octanol–water partition coefficient (Wildman–Crippen LogP) is 6.30. The van der Waals surface area contributed by atoms with Crippen LogP contribution in [-0.4, -0.2) is 33.7 Å². The Hall–Kier alpha value is -4.51. The van der Waals surface area contributed by atoms with E-state index in [4.69, 9.17) is 15.0 Å². The van der Waals surface area contributed by atoms with Crippen LogP contribution in [0.2, 0.25) is 0 Å². The first kappa shape index (κ1) is 32.9. The van der Waals surface area contributed by atoms with Gasteiger partial charge in [0.2, 0.25) is 5.91 Å². The van der Waals surface area contributed by atoms with E-state index in [0.717, 1.165) is 41.3 Å². The van der Waals surface area contributed by atoms with E-state index in [2.05, 4.69) is 15.4 Å². The van der Waals surface area contributed by atoms with Crippen LogP contribution >= 0.6 is 7.52 Å². The number of rotatable bonds is 14.